The highest BCUT2D eigenvalue weighted by Crippen LogP contribution is 2.30. The molecule has 0 radical (unpaired) electrons. The van der Waals surface area contributed by atoms with Crippen LogP contribution in [0.4, 0.5) is 0 Å². The molecule has 0 saturated heterocycles. The summed E-state index contributed by atoms with van der Waals surface area (Å²) >= 11 is 0. The second-order valence-corrected chi connectivity index (χ2v) is 4.78. The lowest BCUT2D eigenvalue weighted by molar-refractivity contribution is 0.0696. The Morgan fingerprint density at radius 2 is 1.77 bits per heavy atom. The Morgan fingerprint density at radius 1 is 1.09 bits per heavy atom. The second kappa shape index (κ2) is 5.37. The number of carboxylic acids is 1. The standard InChI is InChI=1S/C17H13NO4/c1-22-11-8-6-10(7-9-11)14-12-4-2-3-5-13(12)18-16(19)15(14)17(20)21/h2-9H,1H3,(H,18,19)(H,20,21). The van der Waals surface area contributed by atoms with Gasteiger partial charge < -0.3 is 14.8 Å². The molecule has 5 heteroatoms. The van der Waals surface area contributed by atoms with Crippen molar-refractivity contribution in [1.82, 2.24) is 4.98 Å². The quantitative estimate of drug-likeness (QED) is 0.778. The van der Waals surface area contributed by atoms with Gasteiger partial charge >= 0.3 is 5.97 Å². The first-order valence-electron chi connectivity index (χ1n) is 6.64. The molecule has 0 spiro atoms. The largest absolute Gasteiger partial charge is 0.497 e. The summed E-state index contributed by atoms with van der Waals surface area (Å²) < 4.78 is 5.11. The maximum atomic E-state index is 12.1. The van der Waals surface area contributed by atoms with Gasteiger partial charge in [0.15, 0.2) is 0 Å². The van der Waals surface area contributed by atoms with Crippen LogP contribution in [-0.4, -0.2) is 23.2 Å². The molecule has 22 heavy (non-hydrogen) atoms. The number of benzene rings is 2. The van der Waals surface area contributed by atoms with Crippen LogP contribution in [-0.2, 0) is 0 Å². The molecule has 1 aromatic heterocycles. The zero-order chi connectivity index (χ0) is 15.7. The average Bonchev–Trinajstić information content (AvgIpc) is 2.53. The van der Waals surface area contributed by atoms with Crippen LogP contribution in [0.3, 0.4) is 0 Å². The highest BCUT2D eigenvalue weighted by Gasteiger charge is 2.19. The molecule has 110 valence electrons. The van der Waals surface area contributed by atoms with Crippen LogP contribution < -0.4 is 10.3 Å². The molecule has 0 aliphatic carbocycles. The molecule has 0 amide bonds. The first kappa shape index (κ1) is 13.9. The number of methoxy groups -OCH3 is 1. The topological polar surface area (TPSA) is 79.4 Å². The van der Waals surface area contributed by atoms with E-state index in [-0.39, 0.29) is 5.56 Å². The van der Waals surface area contributed by atoms with E-state index in [9.17, 15) is 14.7 Å². The third kappa shape index (κ3) is 2.22. The summed E-state index contributed by atoms with van der Waals surface area (Å²) in [6.45, 7) is 0. The van der Waals surface area contributed by atoms with Gasteiger partial charge in [-0.15, -0.1) is 0 Å². The predicted octanol–water partition coefficient (Wildman–Crippen LogP) is 2.90. The minimum atomic E-state index is -1.25. The summed E-state index contributed by atoms with van der Waals surface area (Å²) in [4.78, 5) is 26.3. The van der Waals surface area contributed by atoms with Gasteiger partial charge in [-0.25, -0.2) is 4.79 Å². The number of H-pyrrole nitrogens is 1. The van der Waals surface area contributed by atoms with Crippen molar-refractivity contribution in [3.05, 3.63) is 64.4 Å². The molecule has 0 atom stereocenters. The van der Waals surface area contributed by atoms with Crippen molar-refractivity contribution in [2.75, 3.05) is 7.11 Å². The number of fused-ring (bicyclic) bond motifs is 1. The molecule has 0 unspecified atom stereocenters. The van der Waals surface area contributed by atoms with Gasteiger partial charge in [0.2, 0.25) is 0 Å². The van der Waals surface area contributed by atoms with Crippen molar-refractivity contribution in [2.45, 2.75) is 0 Å². The van der Waals surface area contributed by atoms with E-state index in [1.807, 2.05) is 0 Å². The van der Waals surface area contributed by atoms with E-state index in [0.717, 1.165) is 0 Å². The monoisotopic (exact) mass is 295 g/mol. The molecule has 0 saturated carbocycles. The Labute approximate surface area is 125 Å². The molecule has 0 fully saturated rings. The lowest BCUT2D eigenvalue weighted by atomic mass is 9.96. The highest BCUT2D eigenvalue weighted by molar-refractivity contribution is 6.06. The number of aromatic nitrogens is 1. The van der Waals surface area contributed by atoms with Crippen molar-refractivity contribution in [3.8, 4) is 16.9 Å². The van der Waals surface area contributed by atoms with Gasteiger partial charge in [0.05, 0.1) is 7.11 Å². The SMILES string of the molecule is COc1ccc(-c2c(C(=O)O)c(=O)[nH]c3ccccc23)cc1. The maximum Gasteiger partial charge on any atom is 0.342 e. The summed E-state index contributed by atoms with van der Waals surface area (Å²) in [7, 11) is 1.56. The molecular formula is C17H13NO4. The molecule has 3 aromatic rings. The number of rotatable bonds is 3. The number of nitrogens with one attached hydrogen (secondary N) is 1. The Hall–Kier alpha value is -3.08. The van der Waals surface area contributed by atoms with Crippen molar-refractivity contribution in [2.24, 2.45) is 0 Å². The van der Waals surface area contributed by atoms with E-state index in [2.05, 4.69) is 4.98 Å². The average molecular weight is 295 g/mol. The van der Waals surface area contributed by atoms with Crippen LogP contribution in [0.25, 0.3) is 22.0 Å². The van der Waals surface area contributed by atoms with Gasteiger partial charge in [0.25, 0.3) is 5.56 Å². The van der Waals surface area contributed by atoms with Crippen molar-refractivity contribution in [3.63, 3.8) is 0 Å². The van der Waals surface area contributed by atoms with Crippen molar-refractivity contribution < 1.29 is 14.6 Å². The first-order chi connectivity index (χ1) is 10.6. The molecular weight excluding hydrogens is 282 g/mol. The van der Waals surface area contributed by atoms with Gasteiger partial charge in [-0.3, -0.25) is 4.79 Å². The van der Waals surface area contributed by atoms with E-state index < -0.39 is 11.5 Å². The fraction of sp³-hybridized carbons (Fsp3) is 0.0588. The summed E-state index contributed by atoms with van der Waals surface area (Å²) in [5.41, 5.74) is 0.791. The molecule has 0 aliphatic heterocycles. The Morgan fingerprint density at radius 3 is 2.41 bits per heavy atom. The number of carboxylic acid groups (broad SMARTS) is 1. The smallest absolute Gasteiger partial charge is 0.342 e. The second-order valence-electron chi connectivity index (χ2n) is 4.78. The van der Waals surface area contributed by atoms with E-state index in [1.54, 1.807) is 55.6 Å². The minimum Gasteiger partial charge on any atom is -0.497 e. The highest BCUT2D eigenvalue weighted by atomic mass is 16.5. The molecule has 0 bridgehead atoms. The van der Waals surface area contributed by atoms with Crippen LogP contribution in [0.2, 0.25) is 0 Å². The minimum absolute atomic E-state index is 0.260. The van der Waals surface area contributed by atoms with Crippen LogP contribution in [0, 0.1) is 0 Å². The zero-order valence-corrected chi connectivity index (χ0v) is 11.8. The van der Waals surface area contributed by atoms with Gasteiger partial charge in [0, 0.05) is 16.5 Å². The third-order valence-electron chi connectivity index (χ3n) is 3.51. The molecule has 0 aliphatic rings. The van der Waals surface area contributed by atoms with Crippen molar-refractivity contribution in [1.29, 1.82) is 0 Å². The van der Waals surface area contributed by atoms with Crippen LogP contribution in [0.1, 0.15) is 10.4 Å². The molecule has 3 rings (SSSR count). The van der Waals surface area contributed by atoms with Crippen LogP contribution in [0.15, 0.2) is 53.3 Å². The number of carbonyl (C=O) groups is 1. The van der Waals surface area contributed by atoms with Gasteiger partial charge in [-0.05, 0) is 23.8 Å². The number of pyridine rings is 1. The zero-order valence-electron chi connectivity index (χ0n) is 11.8. The van der Waals surface area contributed by atoms with E-state index in [1.165, 1.54) is 0 Å². The number of ether oxygens (including phenoxy) is 1. The molecule has 5 nitrogen and oxygen atoms in total. The van der Waals surface area contributed by atoms with Crippen molar-refractivity contribution >= 4 is 16.9 Å². The summed E-state index contributed by atoms with van der Waals surface area (Å²) in [6.07, 6.45) is 0. The van der Waals surface area contributed by atoms with Crippen LogP contribution >= 0.6 is 0 Å². The number of para-hydroxylation sites is 1. The number of hydrogen-bond acceptors (Lipinski definition) is 3. The number of aromatic amines is 1. The van der Waals surface area contributed by atoms with Gasteiger partial charge in [-0.1, -0.05) is 30.3 Å². The molecule has 2 N–H and O–H groups in total. The lowest BCUT2D eigenvalue weighted by Gasteiger charge is -2.11. The Balaban J connectivity index is 2.40. The maximum absolute atomic E-state index is 12.1. The summed E-state index contributed by atoms with van der Waals surface area (Å²) in [5, 5.41) is 10.1. The Kier molecular flexibility index (Phi) is 3.39. The van der Waals surface area contributed by atoms with E-state index >= 15 is 0 Å². The third-order valence-corrected chi connectivity index (χ3v) is 3.51. The summed E-state index contributed by atoms with van der Waals surface area (Å²) in [5.74, 6) is -0.590. The first-order valence-corrected chi connectivity index (χ1v) is 6.64. The normalized spacial score (nSPS) is 10.6. The lowest BCUT2D eigenvalue weighted by Crippen LogP contribution is -2.19. The number of aromatic carboxylic acids is 1. The fourth-order valence-corrected chi connectivity index (χ4v) is 2.50. The van der Waals surface area contributed by atoms with E-state index in [4.69, 9.17) is 4.74 Å². The van der Waals surface area contributed by atoms with Gasteiger partial charge in [-0.2, -0.15) is 0 Å². The summed E-state index contributed by atoms with van der Waals surface area (Å²) in [6, 6.07) is 14.1. The molecule has 1 heterocycles. The molecule has 2 aromatic carbocycles. The fourth-order valence-electron chi connectivity index (χ4n) is 2.50. The predicted molar refractivity (Wildman–Crippen MR) is 83.5 cm³/mol. The van der Waals surface area contributed by atoms with Crippen LogP contribution in [0.5, 0.6) is 5.75 Å². The van der Waals surface area contributed by atoms with E-state index in [0.29, 0.717) is 27.8 Å². The number of hydrogen-bond donors (Lipinski definition) is 2. The Bertz CT molecular complexity index is 910. The van der Waals surface area contributed by atoms with Gasteiger partial charge in [0.1, 0.15) is 11.3 Å².